The number of nitrogens with zero attached hydrogens (tertiary/aromatic N) is 1. The largest absolute Gasteiger partial charge is 0.494 e. The molecule has 1 aromatic carbocycles. The summed E-state index contributed by atoms with van der Waals surface area (Å²) in [5.41, 5.74) is 1.31. The Morgan fingerprint density at radius 2 is 1.89 bits per heavy atom. The highest BCUT2D eigenvalue weighted by atomic mass is 16.5. The van der Waals surface area contributed by atoms with E-state index in [0.717, 1.165) is 31.9 Å². The lowest BCUT2D eigenvalue weighted by Gasteiger charge is -2.23. The fraction of sp³-hybridized carbons (Fsp3) is 0.600. The lowest BCUT2D eigenvalue weighted by atomic mass is 10.1. The number of hydrogen-bond acceptors (Lipinski definition) is 3. The molecule has 102 valence electrons. The Kier molecular flexibility index (Phi) is 6.76. The van der Waals surface area contributed by atoms with Crippen molar-refractivity contribution in [3.8, 4) is 5.75 Å². The van der Waals surface area contributed by atoms with Crippen LogP contribution in [0.15, 0.2) is 24.3 Å². The number of nitrogens with one attached hydrogen (secondary N) is 1. The molecule has 0 heterocycles. The third kappa shape index (κ3) is 4.67. The van der Waals surface area contributed by atoms with Gasteiger partial charge in [-0.25, -0.2) is 0 Å². The van der Waals surface area contributed by atoms with Crippen molar-refractivity contribution in [2.45, 2.75) is 26.3 Å². The first kappa shape index (κ1) is 15.0. The third-order valence-electron chi connectivity index (χ3n) is 3.14. The Morgan fingerprint density at radius 1 is 1.22 bits per heavy atom. The molecule has 0 radical (unpaired) electrons. The van der Waals surface area contributed by atoms with Crippen LogP contribution in [0.5, 0.6) is 5.75 Å². The van der Waals surface area contributed by atoms with Crippen LogP contribution in [0.1, 0.15) is 31.9 Å². The second kappa shape index (κ2) is 8.11. The van der Waals surface area contributed by atoms with Gasteiger partial charge in [-0.15, -0.1) is 0 Å². The highest BCUT2D eigenvalue weighted by molar-refractivity contribution is 5.29. The summed E-state index contributed by atoms with van der Waals surface area (Å²) >= 11 is 0. The van der Waals surface area contributed by atoms with Gasteiger partial charge in [0.2, 0.25) is 0 Å². The maximum Gasteiger partial charge on any atom is 0.119 e. The molecule has 1 atom stereocenters. The zero-order chi connectivity index (χ0) is 13.4. The topological polar surface area (TPSA) is 24.5 Å². The van der Waals surface area contributed by atoms with E-state index in [9.17, 15) is 0 Å². The first-order valence-electron chi connectivity index (χ1n) is 6.79. The zero-order valence-electron chi connectivity index (χ0n) is 12.1. The molecular formula is C15H26N2O. The fourth-order valence-corrected chi connectivity index (χ4v) is 1.82. The van der Waals surface area contributed by atoms with Gasteiger partial charge in [0.05, 0.1) is 6.61 Å². The van der Waals surface area contributed by atoms with Gasteiger partial charge in [-0.05, 0) is 44.8 Å². The predicted octanol–water partition coefficient (Wildman–Crippen LogP) is 2.69. The van der Waals surface area contributed by atoms with Crippen molar-refractivity contribution in [2.75, 3.05) is 33.8 Å². The maximum absolute atomic E-state index is 5.59. The molecule has 1 rings (SSSR count). The van der Waals surface area contributed by atoms with Crippen LogP contribution in [-0.2, 0) is 0 Å². The van der Waals surface area contributed by atoms with E-state index in [-0.39, 0.29) is 0 Å². The van der Waals surface area contributed by atoms with E-state index >= 15 is 0 Å². The van der Waals surface area contributed by atoms with Crippen LogP contribution in [0.25, 0.3) is 0 Å². The number of ether oxygens (including phenoxy) is 1. The molecule has 1 unspecified atom stereocenters. The molecule has 0 saturated heterocycles. The zero-order valence-corrected chi connectivity index (χ0v) is 12.1. The molecule has 0 fully saturated rings. The Labute approximate surface area is 111 Å². The van der Waals surface area contributed by atoms with Crippen LogP contribution in [0.4, 0.5) is 0 Å². The van der Waals surface area contributed by atoms with E-state index in [0.29, 0.717) is 6.04 Å². The third-order valence-corrected chi connectivity index (χ3v) is 3.14. The van der Waals surface area contributed by atoms with Crippen molar-refractivity contribution in [3.05, 3.63) is 29.8 Å². The monoisotopic (exact) mass is 250 g/mol. The SMILES string of the molecule is CCCOc1ccc(C(CN(C)CC)NC)cc1. The van der Waals surface area contributed by atoms with E-state index in [1.807, 2.05) is 7.05 Å². The molecule has 18 heavy (non-hydrogen) atoms. The quantitative estimate of drug-likeness (QED) is 0.767. The highest BCUT2D eigenvalue weighted by Gasteiger charge is 2.11. The smallest absolute Gasteiger partial charge is 0.119 e. The molecule has 0 aromatic heterocycles. The first-order valence-corrected chi connectivity index (χ1v) is 6.79. The predicted molar refractivity (Wildman–Crippen MR) is 77.2 cm³/mol. The summed E-state index contributed by atoms with van der Waals surface area (Å²) in [7, 11) is 4.15. The number of hydrogen-bond donors (Lipinski definition) is 1. The molecule has 0 amide bonds. The minimum atomic E-state index is 0.371. The minimum Gasteiger partial charge on any atom is -0.494 e. The van der Waals surface area contributed by atoms with Gasteiger partial charge in [0.25, 0.3) is 0 Å². The Balaban J connectivity index is 2.63. The van der Waals surface area contributed by atoms with Crippen molar-refractivity contribution in [1.29, 1.82) is 0 Å². The Bertz CT molecular complexity index is 324. The van der Waals surface area contributed by atoms with Gasteiger partial charge >= 0.3 is 0 Å². The van der Waals surface area contributed by atoms with Gasteiger partial charge < -0.3 is 15.0 Å². The Hall–Kier alpha value is -1.06. The number of likely N-dealkylation sites (N-methyl/N-ethyl adjacent to an activating group) is 2. The average molecular weight is 250 g/mol. The summed E-state index contributed by atoms with van der Waals surface area (Å²) < 4.78 is 5.59. The minimum absolute atomic E-state index is 0.371. The second-order valence-corrected chi connectivity index (χ2v) is 4.61. The molecule has 1 N–H and O–H groups in total. The molecule has 0 aliphatic carbocycles. The van der Waals surface area contributed by atoms with E-state index < -0.39 is 0 Å². The van der Waals surface area contributed by atoms with Gasteiger partial charge in [0.1, 0.15) is 5.75 Å². The summed E-state index contributed by atoms with van der Waals surface area (Å²) in [5.74, 6) is 0.958. The van der Waals surface area contributed by atoms with Gasteiger partial charge in [0.15, 0.2) is 0 Å². The number of benzene rings is 1. The Morgan fingerprint density at radius 3 is 2.39 bits per heavy atom. The standard InChI is InChI=1S/C15H26N2O/c1-5-11-18-14-9-7-13(8-10-14)15(16-3)12-17(4)6-2/h7-10,15-16H,5-6,11-12H2,1-4H3. The van der Waals surface area contributed by atoms with Crippen molar-refractivity contribution < 1.29 is 4.74 Å². The summed E-state index contributed by atoms with van der Waals surface area (Å²) in [6.07, 6.45) is 1.04. The molecule has 0 bridgehead atoms. The van der Waals surface area contributed by atoms with Crippen molar-refractivity contribution in [1.82, 2.24) is 10.2 Å². The van der Waals surface area contributed by atoms with Crippen LogP contribution in [-0.4, -0.2) is 38.7 Å². The lowest BCUT2D eigenvalue weighted by molar-refractivity contribution is 0.309. The fourth-order valence-electron chi connectivity index (χ4n) is 1.82. The second-order valence-electron chi connectivity index (χ2n) is 4.61. The van der Waals surface area contributed by atoms with Crippen LogP contribution < -0.4 is 10.1 Å². The molecule has 0 aliphatic rings. The molecule has 3 nitrogen and oxygen atoms in total. The average Bonchev–Trinajstić information content (AvgIpc) is 2.42. The summed E-state index contributed by atoms with van der Waals surface area (Å²) in [5, 5.41) is 3.36. The van der Waals surface area contributed by atoms with Gasteiger partial charge in [-0.2, -0.15) is 0 Å². The first-order chi connectivity index (χ1) is 8.71. The van der Waals surface area contributed by atoms with Gasteiger partial charge in [-0.1, -0.05) is 26.0 Å². The normalized spacial score (nSPS) is 12.7. The van der Waals surface area contributed by atoms with E-state index in [1.54, 1.807) is 0 Å². The van der Waals surface area contributed by atoms with Crippen LogP contribution in [0, 0.1) is 0 Å². The highest BCUT2D eigenvalue weighted by Crippen LogP contribution is 2.18. The van der Waals surface area contributed by atoms with E-state index in [4.69, 9.17) is 4.74 Å². The molecule has 0 aliphatic heterocycles. The van der Waals surface area contributed by atoms with Gasteiger partial charge in [-0.3, -0.25) is 0 Å². The van der Waals surface area contributed by atoms with E-state index in [2.05, 4.69) is 55.4 Å². The number of rotatable bonds is 8. The summed E-state index contributed by atoms with van der Waals surface area (Å²) in [4.78, 5) is 2.31. The molecule has 1 aromatic rings. The molecule has 0 saturated carbocycles. The molecule has 3 heteroatoms. The van der Waals surface area contributed by atoms with Crippen molar-refractivity contribution >= 4 is 0 Å². The van der Waals surface area contributed by atoms with Crippen LogP contribution >= 0.6 is 0 Å². The maximum atomic E-state index is 5.59. The molecule has 0 spiro atoms. The van der Waals surface area contributed by atoms with Gasteiger partial charge in [0, 0.05) is 12.6 Å². The summed E-state index contributed by atoms with van der Waals surface area (Å²) in [6.45, 7) is 7.16. The van der Waals surface area contributed by atoms with E-state index in [1.165, 1.54) is 5.56 Å². The summed E-state index contributed by atoms with van der Waals surface area (Å²) in [6, 6.07) is 8.78. The van der Waals surface area contributed by atoms with Crippen molar-refractivity contribution in [2.24, 2.45) is 0 Å². The molecular weight excluding hydrogens is 224 g/mol. The van der Waals surface area contributed by atoms with Crippen molar-refractivity contribution in [3.63, 3.8) is 0 Å². The van der Waals surface area contributed by atoms with Crippen LogP contribution in [0.3, 0.4) is 0 Å². The lowest BCUT2D eigenvalue weighted by Crippen LogP contribution is -2.31. The van der Waals surface area contributed by atoms with Crippen LogP contribution in [0.2, 0.25) is 0 Å².